The highest BCUT2D eigenvalue weighted by molar-refractivity contribution is 7.81. The lowest BCUT2D eigenvalue weighted by atomic mass is 10.3. The minimum Gasteiger partial charge on any atom is -0.399 e. The smallest absolute Gasteiger partial charge is 0.399 e. The summed E-state index contributed by atoms with van der Waals surface area (Å²) >= 11 is 0. The van der Waals surface area contributed by atoms with Crippen LogP contribution in [-0.2, 0) is 21.1 Å². The van der Waals surface area contributed by atoms with E-state index >= 15 is 0 Å². The summed E-state index contributed by atoms with van der Waals surface area (Å²) in [6.45, 7) is 1.60. The number of rotatable bonds is 3. The molecule has 0 bridgehead atoms. The van der Waals surface area contributed by atoms with Crippen molar-refractivity contribution in [3.05, 3.63) is 24.3 Å². The van der Waals surface area contributed by atoms with Gasteiger partial charge in [0.25, 0.3) is 0 Å². The second kappa shape index (κ2) is 7.09. The molecule has 7 nitrogen and oxygen atoms in total. The number of hydrogen-bond acceptors (Lipinski definition) is 6. The summed E-state index contributed by atoms with van der Waals surface area (Å²) in [7, 11) is -6.53. The second-order valence-electron chi connectivity index (χ2n) is 2.73. The standard InChI is InChI=1S/C6H7NO4S.C2H6O2S/c7-5-1-3-6(4-2-5)11-12(8,9)10;1-2-5(3)4/h1-4H,7H2,(H,8,9,10);5H,2H2,1H3. The lowest BCUT2D eigenvalue weighted by Crippen LogP contribution is -2.06. The van der Waals surface area contributed by atoms with Crippen LogP contribution < -0.4 is 9.92 Å². The molecule has 1 aromatic rings. The third kappa shape index (κ3) is 9.60. The summed E-state index contributed by atoms with van der Waals surface area (Å²) < 4.78 is 51.6. The maximum atomic E-state index is 10.2. The van der Waals surface area contributed by atoms with E-state index in [0.29, 0.717) is 5.69 Å². The zero-order valence-corrected chi connectivity index (χ0v) is 10.6. The van der Waals surface area contributed by atoms with Gasteiger partial charge in [0, 0.05) is 11.4 Å². The van der Waals surface area contributed by atoms with Gasteiger partial charge in [0.1, 0.15) is 16.5 Å². The van der Waals surface area contributed by atoms with E-state index in [-0.39, 0.29) is 11.5 Å². The average Bonchev–Trinajstić information content (AvgIpc) is 2.20. The van der Waals surface area contributed by atoms with Gasteiger partial charge in [-0.2, -0.15) is 8.42 Å². The summed E-state index contributed by atoms with van der Waals surface area (Å²) in [5, 5.41) is 0. The Morgan fingerprint density at radius 2 is 1.71 bits per heavy atom. The molecule has 1 aromatic carbocycles. The predicted molar refractivity (Wildman–Crippen MR) is 63.9 cm³/mol. The van der Waals surface area contributed by atoms with Gasteiger partial charge >= 0.3 is 10.4 Å². The fourth-order valence-corrected chi connectivity index (χ4v) is 0.999. The molecule has 0 atom stereocenters. The molecule has 0 aromatic heterocycles. The van der Waals surface area contributed by atoms with Gasteiger partial charge in [-0.15, -0.1) is 0 Å². The summed E-state index contributed by atoms with van der Waals surface area (Å²) in [4.78, 5) is 0. The summed E-state index contributed by atoms with van der Waals surface area (Å²) in [6.07, 6.45) is 0. The van der Waals surface area contributed by atoms with E-state index < -0.39 is 21.1 Å². The van der Waals surface area contributed by atoms with Crippen LogP contribution in [0.1, 0.15) is 6.92 Å². The zero-order chi connectivity index (χ0) is 13.5. The Kier molecular flexibility index (Phi) is 6.54. The fraction of sp³-hybridized carbons (Fsp3) is 0.250. The molecule has 0 amide bonds. The molecule has 0 aliphatic rings. The first kappa shape index (κ1) is 15.7. The van der Waals surface area contributed by atoms with E-state index in [9.17, 15) is 16.8 Å². The van der Waals surface area contributed by atoms with Crippen LogP contribution in [0.3, 0.4) is 0 Å². The van der Waals surface area contributed by atoms with Crippen LogP contribution >= 0.6 is 0 Å². The van der Waals surface area contributed by atoms with Crippen molar-refractivity contribution in [3.63, 3.8) is 0 Å². The molecule has 0 fully saturated rings. The van der Waals surface area contributed by atoms with Crippen molar-refractivity contribution in [2.24, 2.45) is 0 Å². The Bertz CT molecular complexity index is 497. The molecule has 0 radical (unpaired) electrons. The first-order valence-corrected chi connectivity index (χ1v) is 7.11. The molecular formula is C8H13NO6S2. The molecule has 0 unspecified atom stereocenters. The minimum atomic E-state index is -4.43. The van der Waals surface area contributed by atoms with Crippen molar-refractivity contribution in [2.75, 3.05) is 11.5 Å². The largest absolute Gasteiger partial charge is 0.446 e. The van der Waals surface area contributed by atoms with Crippen LogP contribution in [-0.4, -0.2) is 27.1 Å². The van der Waals surface area contributed by atoms with Crippen molar-refractivity contribution in [3.8, 4) is 5.75 Å². The topological polar surface area (TPSA) is 124 Å². The number of thiol groups is 1. The Morgan fingerprint density at radius 1 is 1.29 bits per heavy atom. The summed E-state index contributed by atoms with van der Waals surface area (Å²) in [6, 6.07) is 5.59. The Hall–Kier alpha value is -1.32. The third-order valence-electron chi connectivity index (χ3n) is 1.34. The van der Waals surface area contributed by atoms with Gasteiger partial charge < -0.3 is 9.92 Å². The molecule has 0 saturated heterocycles. The highest BCUT2D eigenvalue weighted by Gasteiger charge is 2.05. The Balaban J connectivity index is 0.000000437. The number of benzene rings is 1. The molecule has 0 spiro atoms. The number of nitrogens with two attached hydrogens (primary N) is 1. The highest BCUT2D eigenvalue weighted by atomic mass is 32.3. The van der Waals surface area contributed by atoms with Gasteiger partial charge in [0.05, 0.1) is 0 Å². The third-order valence-corrected chi connectivity index (χ3v) is 2.26. The van der Waals surface area contributed by atoms with Crippen molar-refractivity contribution >= 4 is 26.8 Å². The monoisotopic (exact) mass is 283 g/mol. The molecule has 0 aliphatic heterocycles. The van der Waals surface area contributed by atoms with Gasteiger partial charge in [0.15, 0.2) is 0 Å². The minimum absolute atomic E-state index is 0.0201. The SMILES string of the molecule is CC[SH](=O)=O.Nc1ccc(OS(=O)(=O)O)cc1. The van der Waals surface area contributed by atoms with Gasteiger partial charge in [-0.25, -0.2) is 8.42 Å². The maximum Gasteiger partial charge on any atom is 0.446 e. The van der Waals surface area contributed by atoms with Gasteiger partial charge in [-0.1, -0.05) is 6.92 Å². The maximum absolute atomic E-state index is 10.2. The van der Waals surface area contributed by atoms with Gasteiger partial charge in [-0.3, -0.25) is 4.55 Å². The van der Waals surface area contributed by atoms with E-state index in [0.717, 1.165) is 0 Å². The van der Waals surface area contributed by atoms with Crippen LogP contribution in [0.25, 0.3) is 0 Å². The fourth-order valence-electron chi connectivity index (χ4n) is 0.645. The first-order chi connectivity index (χ1) is 7.74. The van der Waals surface area contributed by atoms with E-state index in [1.54, 1.807) is 6.92 Å². The molecule has 17 heavy (non-hydrogen) atoms. The number of anilines is 1. The Labute approximate surface area is 101 Å². The zero-order valence-electron chi connectivity index (χ0n) is 8.94. The molecule has 0 saturated carbocycles. The Morgan fingerprint density at radius 3 is 2.00 bits per heavy atom. The average molecular weight is 283 g/mol. The van der Waals surface area contributed by atoms with Crippen LogP contribution in [0.5, 0.6) is 5.75 Å². The molecule has 1 rings (SSSR count). The molecule has 98 valence electrons. The van der Waals surface area contributed by atoms with Crippen molar-refractivity contribution in [1.29, 1.82) is 0 Å². The predicted octanol–water partition coefficient (Wildman–Crippen LogP) is 0.0681. The summed E-state index contributed by atoms with van der Waals surface area (Å²) in [5.41, 5.74) is 5.81. The van der Waals surface area contributed by atoms with Crippen LogP contribution in [0.2, 0.25) is 0 Å². The van der Waals surface area contributed by atoms with Crippen molar-refractivity contribution < 1.29 is 25.6 Å². The number of hydrogen-bond donors (Lipinski definition) is 3. The van der Waals surface area contributed by atoms with E-state index in [2.05, 4.69) is 4.18 Å². The molecule has 3 N–H and O–H groups in total. The van der Waals surface area contributed by atoms with Crippen molar-refractivity contribution in [1.82, 2.24) is 0 Å². The number of nitrogen functional groups attached to an aromatic ring is 1. The van der Waals surface area contributed by atoms with E-state index in [1.165, 1.54) is 24.3 Å². The van der Waals surface area contributed by atoms with Gasteiger partial charge in [-0.05, 0) is 24.3 Å². The quantitative estimate of drug-likeness (QED) is 0.407. The molecule has 0 aliphatic carbocycles. The molecule has 9 heteroatoms. The molecule has 0 heterocycles. The van der Waals surface area contributed by atoms with E-state index in [4.69, 9.17) is 10.3 Å². The van der Waals surface area contributed by atoms with E-state index in [1.807, 2.05) is 0 Å². The van der Waals surface area contributed by atoms with Crippen LogP contribution in [0, 0.1) is 0 Å². The van der Waals surface area contributed by atoms with Crippen LogP contribution in [0.15, 0.2) is 24.3 Å². The second-order valence-corrected chi connectivity index (χ2v) is 5.05. The van der Waals surface area contributed by atoms with Crippen molar-refractivity contribution in [2.45, 2.75) is 6.92 Å². The van der Waals surface area contributed by atoms with Gasteiger partial charge in [0.2, 0.25) is 0 Å². The lowest BCUT2D eigenvalue weighted by Gasteiger charge is -2.00. The van der Waals surface area contributed by atoms with Crippen LogP contribution in [0.4, 0.5) is 5.69 Å². The lowest BCUT2D eigenvalue weighted by molar-refractivity contribution is 0.387. The highest BCUT2D eigenvalue weighted by Crippen LogP contribution is 2.14. The molecular weight excluding hydrogens is 270 g/mol. The normalized spacial score (nSPS) is 10.5. The first-order valence-electron chi connectivity index (χ1n) is 4.39. The summed E-state index contributed by atoms with van der Waals surface area (Å²) in [5.74, 6) is 0.279.